The molecule has 2 amide bonds. The number of urea groups is 1. The highest BCUT2D eigenvalue weighted by Crippen LogP contribution is 2.04. The molecule has 1 fully saturated rings. The van der Waals surface area contributed by atoms with Crippen molar-refractivity contribution in [3.05, 3.63) is 0 Å². The van der Waals surface area contributed by atoms with Gasteiger partial charge in [-0.05, 0) is 12.8 Å². The first-order valence-corrected chi connectivity index (χ1v) is 4.00. The second-order valence-electron chi connectivity index (χ2n) is 2.69. The zero-order valence-corrected chi connectivity index (χ0v) is 7.13. The zero-order chi connectivity index (χ0) is 8.81. The number of nitrogens with one attached hydrogen (secondary N) is 2. The molecule has 0 spiro atoms. The summed E-state index contributed by atoms with van der Waals surface area (Å²) in [4.78, 5) is 15.4. The molecule has 0 aromatic heterocycles. The number of amides is 2. The highest BCUT2D eigenvalue weighted by Gasteiger charge is 2.15. The van der Waals surface area contributed by atoms with Gasteiger partial charge in [-0.3, -0.25) is 4.84 Å². The van der Waals surface area contributed by atoms with Crippen molar-refractivity contribution in [2.24, 2.45) is 0 Å². The normalized spacial score (nSPS) is 23.2. The van der Waals surface area contributed by atoms with Crippen LogP contribution in [-0.4, -0.2) is 32.4 Å². The van der Waals surface area contributed by atoms with Crippen LogP contribution in [0.4, 0.5) is 4.79 Å². The molecular weight excluding hydrogens is 160 g/mol. The SMILES string of the molecule is CONC(=O)NC1CCCOC1. The fourth-order valence-electron chi connectivity index (χ4n) is 1.16. The van der Waals surface area contributed by atoms with Crippen LogP contribution in [0.3, 0.4) is 0 Å². The third-order valence-electron chi connectivity index (χ3n) is 1.69. The molecule has 12 heavy (non-hydrogen) atoms. The maximum atomic E-state index is 10.9. The van der Waals surface area contributed by atoms with Crippen LogP contribution in [-0.2, 0) is 9.57 Å². The Morgan fingerprint density at radius 1 is 1.67 bits per heavy atom. The van der Waals surface area contributed by atoms with Gasteiger partial charge in [-0.25, -0.2) is 10.3 Å². The van der Waals surface area contributed by atoms with E-state index in [1.165, 1.54) is 7.11 Å². The standard InChI is InChI=1S/C7H14N2O3/c1-11-9-7(10)8-6-3-2-4-12-5-6/h6H,2-5H2,1H3,(H2,8,9,10). The molecule has 2 N–H and O–H groups in total. The van der Waals surface area contributed by atoms with E-state index >= 15 is 0 Å². The fourth-order valence-corrected chi connectivity index (χ4v) is 1.16. The van der Waals surface area contributed by atoms with Crippen molar-refractivity contribution >= 4 is 6.03 Å². The van der Waals surface area contributed by atoms with Gasteiger partial charge in [0.05, 0.1) is 19.8 Å². The topological polar surface area (TPSA) is 59.6 Å². The van der Waals surface area contributed by atoms with E-state index in [2.05, 4.69) is 15.6 Å². The summed E-state index contributed by atoms with van der Waals surface area (Å²) >= 11 is 0. The van der Waals surface area contributed by atoms with Crippen LogP contribution in [0.1, 0.15) is 12.8 Å². The number of hydrogen-bond donors (Lipinski definition) is 2. The molecule has 0 aromatic carbocycles. The lowest BCUT2D eigenvalue weighted by Crippen LogP contribution is -2.45. The summed E-state index contributed by atoms with van der Waals surface area (Å²) < 4.78 is 5.18. The predicted molar refractivity (Wildman–Crippen MR) is 42.5 cm³/mol. The van der Waals surface area contributed by atoms with Gasteiger partial charge >= 0.3 is 6.03 Å². The van der Waals surface area contributed by atoms with Gasteiger partial charge in [0.2, 0.25) is 0 Å². The molecule has 1 aliphatic heterocycles. The van der Waals surface area contributed by atoms with Crippen molar-refractivity contribution in [2.45, 2.75) is 18.9 Å². The van der Waals surface area contributed by atoms with Crippen LogP contribution in [0.15, 0.2) is 0 Å². The van der Waals surface area contributed by atoms with Crippen molar-refractivity contribution in [1.82, 2.24) is 10.8 Å². The van der Waals surface area contributed by atoms with Crippen molar-refractivity contribution in [3.8, 4) is 0 Å². The summed E-state index contributed by atoms with van der Waals surface area (Å²) in [6.45, 7) is 1.39. The van der Waals surface area contributed by atoms with Gasteiger partial charge < -0.3 is 10.1 Å². The minimum atomic E-state index is -0.312. The Kier molecular flexibility index (Phi) is 3.83. The van der Waals surface area contributed by atoms with Crippen molar-refractivity contribution in [1.29, 1.82) is 0 Å². The van der Waals surface area contributed by atoms with Crippen LogP contribution in [0, 0.1) is 0 Å². The molecule has 1 unspecified atom stereocenters. The highest BCUT2D eigenvalue weighted by atomic mass is 16.6. The lowest BCUT2D eigenvalue weighted by Gasteiger charge is -2.22. The molecule has 0 bridgehead atoms. The number of rotatable bonds is 2. The molecule has 1 saturated heterocycles. The van der Waals surface area contributed by atoms with Crippen LogP contribution in [0.25, 0.3) is 0 Å². The summed E-state index contributed by atoms with van der Waals surface area (Å²) in [6, 6.07) is -0.193. The number of carbonyl (C=O) groups excluding carboxylic acids is 1. The average Bonchev–Trinajstić information content (AvgIpc) is 2.06. The summed E-state index contributed by atoms with van der Waals surface area (Å²) in [6.07, 6.45) is 1.97. The summed E-state index contributed by atoms with van der Waals surface area (Å²) in [5.41, 5.74) is 2.19. The first kappa shape index (κ1) is 9.28. The van der Waals surface area contributed by atoms with Gasteiger partial charge in [0.1, 0.15) is 0 Å². The Hall–Kier alpha value is -0.810. The molecule has 5 heteroatoms. The van der Waals surface area contributed by atoms with Gasteiger partial charge in [0, 0.05) is 6.61 Å². The zero-order valence-electron chi connectivity index (χ0n) is 7.13. The van der Waals surface area contributed by atoms with Crippen LogP contribution in [0.2, 0.25) is 0 Å². The van der Waals surface area contributed by atoms with E-state index in [4.69, 9.17) is 4.74 Å². The summed E-state index contributed by atoms with van der Waals surface area (Å²) in [5.74, 6) is 0. The Labute approximate surface area is 71.4 Å². The van der Waals surface area contributed by atoms with Crippen molar-refractivity contribution < 1.29 is 14.4 Å². The van der Waals surface area contributed by atoms with E-state index in [-0.39, 0.29) is 12.1 Å². The third kappa shape index (κ3) is 3.06. The van der Waals surface area contributed by atoms with Gasteiger partial charge in [-0.1, -0.05) is 0 Å². The molecule has 0 aliphatic carbocycles. The monoisotopic (exact) mass is 174 g/mol. The van der Waals surface area contributed by atoms with Crippen LogP contribution >= 0.6 is 0 Å². The van der Waals surface area contributed by atoms with Gasteiger partial charge in [-0.15, -0.1) is 0 Å². The van der Waals surface area contributed by atoms with E-state index in [9.17, 15) is 4.79 Å². The Bertz CT molecular complexity index is 146. The largest absolute Gasteiger partial charge is 0.379 e. The first-order chi connectivity index (χ1) is 5.83. The lowest BCUT2D eigenvalue weighted by molar-refractivity contribution is 0.0652. The Morgan fingerprint density at radius 3 is 3.08 bits per heavy atom. The first-order valence-electron chi connectivity index (χ1n) is 4.00. The molecule has 1 atom stereocenters. The molecule has 1 heterocycles. The lowest BCUT2D eigenvalue weighted by atomic mass is 10.1. The van der Waals surface area contributed by atoms with Gasteiger partial charge in [0.15, 0.2) is 0 Å². The number of ether oxygens (including phenoxy) is 1. The minimum absolute atomic E-state index is 0.119. The molecule has 70 valence electrons. The van der Waals surface area contributed by atoms with Gasteiger partial charge in [0.25, 0.3) is 0 Å². The van der Waals surface area contributed by atoms with Crippen LogP contribution in [0.5, 0.6) is 0 Å². The van der Waals surface area contributed by atoms with E-state index in [0.29, 0.717) is 6.61 Å². The van der Waals surface area contributed by atoms with Crippen LogP contribution < -0.4 is 10.8 Å². The smallest absolute Gasteiger partial charge is 0.338 e. The second-order valence-corrected chi connectivity index (χ2v) is 2.69. The summed E-state index contributed by atoms with van der Waals surface area (Å²) in [7, 11) is 1.40. The Morgan fingerprint density at radius 2 is 2.50 bits per heavy atom. The number of hydroxylamine groups is 1. The molecule has 0 aromatic rings. The van der Waals surface area contributed by atoms with E-state index in [0.717, 1.165) is 19.4 Å². The second kappa shape index (κ2) is 4.95. The quantitative estimate of drug-likeness (QED) is 0.580. The highest BCUT2D eigenvalue weighted by molar-refractivity contribution is 5.72. The number of carbonyl (C=O) groups is 1. The number of hydrogen-bond acceptors (Lipinski definition) is 3. The molecule has 1 rings (SSSR count). The molecule has 0 saturated carbocycles. The van der Waals surface area contributed by atoms with E-state index in [1.807, 2.05) is 0 Å². The predicted octanol–water partition coefficient (Wildman–Crippen LogP) is 0.0260. The molecule has 5 nitrogen and oxygen atoms in total. The maximum absolute atomic E-state index is 10.9. The average molecular weight is 174 g/mol. The molecule has 0 radical (unpaired) electrons. The fraction of sp³-hybridized carbons (Fsp3) is 0.857. The van der Waals surface area contributed by atoms with E-state index < -0.39 is 0 Å². The molecular formula is C7H14N2O3. The van der Waals surface area contributed by atoms with Crippen molar-refractivity contribution in [2.75, 3.05) is 20.3 Å². The van der Waals surface area contributed by atoms with Gasteiger partial charge in [-0.2, -0.15) is 0 Å². The van der Waals surface area contributed by atoms with Crippen molar-refractivity contribution in [3.63, 3.8) is 0 Å². The Balaban J connectivity index is 2.15. The summed E-state index contributed by atoms with van der Waals surface area (Å²) in [5, 5.41) is 2.72. The third-order valence-corrected chi connectivity index (χ3v) is 1.69. The van der Waals surface area contributed by atoms with E-state index in [1.54, 1.807) is 0 Å². The molecule has 1 aliphatic rings. The minimum Gasteiger partial charge on any atom is -0.379 e. The maximum Gasteiger partial charge on any atom is 0.338 e.